The number of allylic oxidation sites excluding steroid dienone is 8. The van der Waals surface area contributed by atoms with Crippen LogP contribution < -0.4 is 0 Å². The van der Waals surface area contributed by atoms with Gasteiger partial charge in [0.05, 0.1) is 0 Å². The molecule has 0 saturated carbocycles. The normalized spacial score (nSPS) is 14.4. The summed E-state index contributed by atoms with van der Waals surface area (Å²) in [5.74, 6) is 0. The summed E-state index contributed by atoms with van der Waals surface area (Å²) in [6.07, 6.45) is 22.0. The van der Waals surface area contributed by atoms with Gasteiger partial charge >= 0.3 is 26.2 Å². The molecule has 0 bridgehead atoms. The maximum absolute atomic E-state index is 3.14. The third-order valence-corrected chi connectivity index (χ3v) is 2.62. The average Bonchev–Trinajstić information content (AvgIpc) is 3.05. The average molecular weight is 365 g/mol. The summed E-state index contributed by atoms with van der Waals surface area (Å²) in [4.78, 5) is 0. The van der Waals surface area contributed by atoms with Crippen LogP contribution in [-0.2, 0) is 26.2 Å². The summed E-state index contributed by atoms with van der Waals surface area (Å²) >= 11 is 0. The van der Waals surface area contributed by atoms with Gasteiger partial charge in [0.15, 0.2) is 0 Å². The van der Waals surface area contributed by atoms with Gasteiger partial charge in [0.1, 0.15) is 0 Å². The van der Waals surface area contributed by atoms with Crippen molar-refractivity contribution in [1.82, 2.24) is 0 Å². The zero-order valence-electron chi connectivity index (χ0n) is 13.6. The van der Waals surface area contributed by atoms with Gasteiger partial charge in [-0.2, -0.15) is 12.2 Å². The monoisotopic (exact) mass is 363 g/mol. The van der Waals surface area contributed by atoms with Gasteiger partial charge in [-0.05, 0) is 0 Å². The fourth-order valence-corrected chi connectivity index (χ4v) is 1.80. The summed E-state index contributed by atoms with van der Waals surface area (Å²) in [5.41, 5.74) is 2.93. The van der Waals surface area contributed by atoms with Gasteiger partial charge in [0, 0.05) is 9.52 Å². The van der Waals surface area contributed by atoms with Crippen LogP contribution in [0.1, 0.15) is 52.4 Å². The Balaban J connectivity index is 0. The summed E-state index contributed by atoms with van der Waals surface area (Å²) in [7, 11) is 0.750. The molecule has 1 radical (unpaired) electrons. The Kier molecular flexibility index (Phi) is 19.1. The molecule has 2 heteroatoms. The smallest absolute Gasteiger partial charge is 0.273 e. The molecule has 20 heavy (non-hydrogen) atoms. The van der Waals surface area contributed by atoms with Gasteiger partial charge in [-0.1, -0.05) is 52.6 Å². The Morgan fingerprint density at radius 1 is 0.900 bits per heavy atom. The number of rotatable bonds is 4. The van der Waals surface area contributed by atoms with E-state index in [9.17, 15) is 0 Å². The Morgan fingerprint density at radius 2 is 1.25 bits per heavy atom. The van der Waals surface area contributed by atoms with Crippen molar-refractivity contribution in [2.24, 2.45) is 0 Å². The fourth-order valence-electron chi connectivity index (χ4n) is 1.80. The van der Waals surface area contributed by atoms with Crippen molar-refractivity contribution in [3.8, 4) is 0 Å². The largest absolute Gasteiger partial charge is 2.00 e. The van der Waals surface area contributed by atoms with E-state index in [0.29, 0.717) is 0 Å². The van der Waals surface area contributed by atoms with Gasteiger partial charge in [-0.3, -0.25) is 12.2 Å². The van der Waals surface area contributed by atoms with Crippen molar-refractivity contribution in [3.63, 3.8) is 0 Å². The summed E-state index contributed by atoms with van der Waals surface area (Å²) in [6, 6.07) is 0. The third kappa shape index (κ3) is 13.1. The number of hydrogen-bond acceptors (Lipinski definition) is 0. The Morgan fingerprint density at radius 3 is 1.45 bits per heavy atom. The van der Waals surface area contributed by atoms with Crippen LogP contribution in [-0.4, -0.2) is 9.52 Å². The molecule has 0 spiro atoms. The van der Waals surface area contributed by atoms with Crippen LogP contribution in [0.15, 0.2) is 35.5 Å². The number of hydrogen-bond donors (Lipinski definition) is 0. The van der Waals surface area contributed by atoms with E-state index in [1.54, 1.807) is 0 Å². The van der Waals surface area contributed by atoms with E-state index in [1.807, 2.05) is 0 Å². The molecule has 0 amide bonds. The molecule has 0 aromatic rings. The Hall–Kier alpha value is 0.0600. The Bertz CT molecular complexity index is 292. The summed E-state index contributed by atoms with van der Waals surface area (Å²) in [5, 5.41) is 0. The SMILES string of the molecule is CCCC1=CC[C-]=C1.CCCC1=CC[C-]=C1.C[SiH]C.[Zr+2]. The van der Waals surface area contributed by atoms with Crippen LogP contribution >= 0.6 is 0 Å². The molecule has 0 fully saturated rings. The second-order valence-corrected chi connectivity index (χ2v) is 5.90. The molecule has 0 heterocycles. The quantitative estimate of drug-likeness (QED) is 0.458. The minimum Gasteiger partial charge on any atom is -0.273 e. The van der Waals surface area contributed by atoms with Gasteiger partial charge in [-0.25, -0.2) is 23.3 Å². The van der Waals surface area contributed by atoms with Crippen LogP contribution in [0.2, 0.25) is 13.1 Å². The van der Waals surface area contributed by atoms with Crippen molar-refractivity contribution >= 4 is 9.52 Å². The van der Waals surface area contributed by atoms with Crippen molar-refractivity contribution < 1.29 is 26.2 Å². The fraction of sp³-hybridized carbons (Fsp3) is 0.556. The van der Waals surface area contributed by atoms with E-state index in [1.165, 1.54) is 36.8 Å². The van der Waals surface area contributed by atoms with Crippen LogP contribution in [0.3, 0.4) is 0 Å². The second kappa shape index (κ2) is 17.1. The van der Waals surface area contributed by atoms with Crippen LogP contribution in [0.25, 0.3) is 0 Å². The van der Waals surface area contributed by atoms with Crippen LogP contribution in [0.5, 0.6) is 0 Å². The molecular weight excluding hydrogens is 336 g/mol. The van der Waals surface area contributed by atoms with E-state index in [4.69, 9.17) is 0 Å². The summed E-state index contributed by atoms with van der Waals surface area (Å²) in [6.45, 7) is 8.82. The van der Waals surface area contributed by atoms with E-state index < -0.39 is 0 Å². The Labute approximate surface area is 148 Å². The molecule has 0 saturated heterocycles. The topological polar surface area (TPSA) is 0 Å². The first kappa shape index (κ1) is 22.3. The molecule has 0 nitrogen and oxygen atoms in total. The molecule has 0 aromatic heterocycles. The van der Waals surface area contributed by atoms with E-state index >= 15 is 0 Å². The first-order valence-electron chi connectivity index (χ1n) is 7.53. The van der Waals surface area contributed by atoms with Gasteiger partial charge in [-0.15, -0.1) is 12.8 Å². The van der Waals surface area contributed by atoms with E-state index in [-0.39, 0.29) is 26.2 Å². The van der Waals surface area contributed by atoms with E-state index in [0.717, 1.165) is 22.4 Å². The first-order valence-corrected chi connectivity index (χ1v) is 9.84. The van der Waals surface area contributed by atoms with Gasteiger partial charge in [0.25, 0.3) is 0 Å². The molecule has 2 rings (SSSR count). The summed E-state index contributed by atoms with van der Waals surface area (Å²) < 4.78 is 0. The molecule has 109 valence electrons. The van der Waals surface area contributed by atoms with Gasteiger partial charge in [0.2, 0.25) is 0 Å². The standard InChI is InChI=1S/2C8H11.C2H7Si.Zr/c2*1-2-5-8-6-3-4-7-8;1-3-2;/h2*6-7H,2-3,5H2,1H3;3H,1-2H3;/q2*-1;;+2. The van der Waals surface area contributed by atoms with Crippen molar-refractivity contribution in [2.45, 2.75) is 65.5 Å². The van der Waals surface area contributed by atoms with Crippen molar-refractivity contribution in [2.75, 3.05) is 0 Å². The minimum absolute atomic E-state index is 0. The molecule has 0 aromatic carbocycles. The van der Waals surface area contributed by atoms with E-state index in [2.05, 4.69) is 63.4 Å². The maximum atomic E-state index is 3.14. The molecule has 2 aliphatic rings. The van der Waals surface area contributed by atoms with Crippen LogP contribution in [0.4, 0.5) is 0 Å². The molecule has 0 aliphatic heterocycles. The molecule has 0 atom stereocenters. The molecule has 2 aliphatic carbocycles. The van der Waals surface area contributed by atoms with Crippen molar-refractivity contribution in [1.29, 1.82) is 0 Å². The molecule has 0 unspecified atom stereocenters. The predicted molar refractivity (Wildman–Crippen MR) is 89.7 cm³/mol. The zero-order valence-corrected chi connectivity index (χ0v) is 17.2. The molecule has 0 N–H and O–H groups in total. The zero-order chi connectivity index (χ0) is 14.3. The second-order valence-electron chi connectivity index (χ2n) is 4.74. The van der Waals surface area contributed by atoms with Crippen LogP contribution in [0, 0.1) is 12.2 Å². The third-order valence-electron chi connectivity index (χ3n) is 2.62. The molecular formula is C18H29SiZr. The predicted octanol–water partition coefficient (Wildman–Crippen LogP) is 5.47. The van der Waals surface area contributed by atoms with Crippen molar-refractivity contribution in [3.05, 3.63) is 47.6 Å². The first-order chi connectivity index (χ1) is 9.28. The minimum atomic E-state index is 0. The maximum Gasteiger partial charge on any atom is 2.00 e. The van der Waals surface area contributed by atoms with Gasteiger partial charge < -0.3 is 0 Å².